The van der Waals surface area contributed by atoms with Crippen molar-refractivity contribution in [3.63, 3.8) is 0 Å². The maximum Gasteiger partial charge on any atom is 0.253 e. The van der Waals surface area contributed by atoms with Crippen molar-refractivity contribution >= 4 is 5.91 Å². The molecule has 2 rings (SSSR count). The van der Waals surface area contributed by atoms with Gasteiger partial charge in [0.05, 0.1) is 6.61 Å². The number of benzene rings is 1. The van der Waals surface area contributed by atoms with Gasteiger partial charge in [-0.15, -0.1) is 0 Å². The van der Waals surface area contributed by atoms with E-state index >= 15 is 0 Å². The van der Waals surface area contributed by atoms with Crippen LogP contribution < -0.4 is 0 Å². The number of carbonyl (C=O) groups is 1. The zero-order valence-corrected chi connectivity index (χ0v) is 16.2. The number of hydrogen-bond acceptors (Lipinski definition) is 4. The Balaban J connectivity index is 2.12. The van der Waals surface area contributed by atoms with Crippen molar-refractivity contribution in [3.8, 4) is 0 Å². The number of methoxy groups -OCH3 is 1. The first kappa shape index (κ1) is 19.9. The highest BCUT2D eigenvalue weighted by Crippen LogP contribution is 2.19. The standard InChI is InChI=1S/C20H33N3O2/c1-5-22-11-7-10-19(22)15-23(13-12-21(2)3)20(24)18-9-6-8-17(14-18)16-25-4/h6,8-9,14,19H,5,7,10-13,15-16H2,1-4H3/t19-/m1/s1. The number of amides is 1. The molecule has 1 aromatic rings. The Hall–Kier alpha value is -1.43. The summed E-state index contributed by atoms with van der Waals surface area (Å²) in [4.78, 5) is 19.8. The Bertz CT molecular complexity index is 547. The van der Waals surface area contributed by atoms with Gasteiger partial charge >= 0.3 is 0 Å². The van der Waals surface area contributed by atoms with Crippen LogP contribution in [0.2, 0.25) is 0 Å². The summed E-state index contributed by atoms with van der Waals surface area (Å²) in [6.07, 6.45) is 2.42. The minimum atomic E-state index is 0.128. The van der Waals surface area contributed by atoms with Gasteiger partial charge in [-0.2, -0.15) is 0 Å². The molecular weight excluding hydrogens is 314 g/mol. The second-order valence-electron chi connectivity index (χ2n) is 7.11. The summed E-state index contributed by atoms with van der Waals surface area (Å²) in [5, 5.41) is 0. The van der Waals surface area contributed by atoms with Gasteiger partial charge in [0.25, 0.3) is 5.91 Å². The van der Waals surface area contributed by atoms with Gasteiger partial charge in [0, 0.05) is 38.3 Å². The second kappa shape index (κ2) is 9.90. The summed E-state index contributed by atoms with van der Waals surface area (Å²) < 4.78 is 5.20. The van der Waals surface area contributed by atoms with Gasteiger partial charge < -0.3 is 14.5 Å². The third-order valence-electron chi connectivity index (χ3n) is 4.93. The maximum absolute atomic E-state index is 13.1. The van der Waals surface area contributed by atoms with Crippen LogP contribution in [0.3, 0.4) is 0 Å². The molecule has 0 radical (unpaired) electrons. The predicted octanol–water partition coefficient (Wildman–Crippen LogP) is 2.32. The molecule has 1 aromatic carbocycles. The molecule has 0 unspecified atom stereocenters. The summed E-state index contributed by atoms with van der Waals surface area (Å²) in [7, 11) is 5.78. The minimum Gasteiger partial charge on any atom is -0.380 e. The lowest BCUT2D eigenvalue weighted by atomic mass is 10.1. The molecule has 1 saturated heterocycles. The van der Waals surface area contributed by atoms with Crippen LogP contribution in [-0.2, 0) is 11.3 Å². The van der Waals surface area contributed by atoms with Gasteiger partial charge in [-0.1, -0.05) is 19.1 Å². The zero-order chi connectivity index (χ0) is 18.2. The molecule has 0 bridgehead atoms. The fourth-order valence-electron chi connectivity index (χ4n) is 3.51. The lowest BCUT2D eigenvalue weighted by molar-refractivity contribution is 0.0694. The fraction of sp³-hybridized carbons (Fsp3) is 0.650. The molecule has 0 spiro atoms. The van der Waals surface area contributed by atoms with E-state index in [1.54, 1.807) is 7.11 Å². The zero-order valence-electron chi connectivity index (χ0n) is 16.2. The number of rotatable bonds is 9. The number of ether oxygens (including phenoxy) is 1. The topological polar surface area (TPSA) is 36.0 Å². The van der Waals surface area contributed by atoms with Crippen molar-refractivity contribution in [2.75, 3.05) is 53.9 Å². The highest BCUT2D eigenvalue weighted by atomic mass is 16.5. The minimum absolute atomic E-state index is 0.128. The average Bonchev–Trinajstić information content (AvgIpc) is 3.05. The van der Waals surface area contributed by atoms with Crippen LogP contribution in [0.1, 0.15) is 35.7 Å². The molecule has 1 aliphatic heterocycles. The lowest BCUT2D eigenvalue weighted by Crippen LogP contribution is -2.45. The van der Waals surface area contributed by atoms with Gasteiger partial charge in [-0.25, -0.2) is 0 Å². The number of hydrogen-bond donors (Lipinski definition) is 0. The largest absolute Gasteiger partial charge is 0.380 e. The predicted molar refractivity (Wildman–Crippen MR) is 102 cm³/mol. The van der Waals surface area contributed by atoms with Crippen molar-refractivity contribution in [1.82, 2.24) is 14.7 Å². The van der Waals surface area contributed by atoms with Crippen molar-refractivity contribution < 1.29 is 9.53 Å². The molecular formula is C20H33N3O2. The van der Waals surface area contributed by atoms with Crippen LogP contribution in [0, 0.1) is 0 Å². The Kier molecular flexibility index (Phi) is 7.88. The molecule has 5 heteroatoms. The van der Waals surface area contributed by atoms with Crippen LogP contribution in [0.25, 0.3) is 0 Å². The number of likely N-dealkylation sites (tertiary alicyclic amines) is 1. The van der Waals surface area contributed by atoms with Crippen LogP contribution in [0.4, 0.5) is 0 Å². The number of likely N-dealkylation sites (N-methyl/N-ethyl adjacent to an activating group) is 2. The average molecular weight is 348 g/mol. The number of nitrogens with zero attached hydrogens (tertiary/aromatic N) is 3. The summed E-state index contributed by atoms with van der Waals surface area (Å²) in [5.74, 6) is 0.128. The van der Waals surface area contributed by atoms with Gasteiger partial charge in [0.2, 0.25) is 0 Å². The molecule has 0 aliphatic carbocycles. The van der Waals surface area contributed by atoms with E-state index in [1.165, 1.54) is 12.8 Å². The first-order chi connectivity index (χ1) is 12.0. The van der Waals surface area contributed by atoms with E-state index in [4.69, 9.17) is 4.74 Å². The molecule has 1 amide bonds. The van der Waals surface area contributed by atoms with Gasteiger partial charge in [-0.05, 0) is 57.7 Å². The quantitative estimate of drug-likeness (QED) is 0.687. The highest BCUT2D eigenvalue weighted by molar-refractivity contribution is 5.94. The molecule has 0 aromatic heterocycles. The van der Waals surface area contributed by atoms with E-state index in [0.717, 1.165) is 43.9 Å². The smallest absolute Gasteiger partial charge is 0.253 e. The van der Waals surface area contributed by atoms with E-state index in [-0.39, 0.29) is 5.91 Å². The molecule has 0 N–H and O–H groups in total. The SMILES string of the molecule is CCN1CCC[C@@H]1CN(CCN(C)C)C(=O)c1cccc(COC)c1. The summed E-state index contributed by atoms with van der Waals surface area (Å²) in [6.45, 7) is 7.40. The summed E-state index contributed by atoms with van der Waals surface area (Å²) in [5.41, 5.74) is 1.80. The first-order valence-electron chi connectivity index (χ1n) is 9.31. The van der Waals surface area contributed by atoms with E-state index in [0.29, 0.717) is 12.6 Å². The van der Waals surface area contributed by atoms with Crippen LogP contribution in [0.15, 0.2) is 24.3 Å². The van der Waals surface area contributed by atoms with E-state index in [1.807, 2.05) is 29.2 Å². The van der Waals surface area contributed by atoms with Gasteiger partial charge in [0.15, 0.2) is 0 Å². The molecule has 140 valence electrons. The van der Waals surface area contributed by atoms with Crippen LogP contribution in [-0.4, -0.2) is 80.6 Å². The molecule has 1 aliphatic rings. The van der Waals surface area contributed by atoms with E-state index < -0.39 is 0 Å². The van der Waals surface area contributed by atoms with Crippen molar-refractivity contribution in [3.05, 3.63) is 35.4 Å². The molecule has 0 saturated carbocycles. The Labute approximate surface area is 152 Å². The fourth-order valence-corrected chi connectivity index (χ4v) is 3.51. The lowest BCUT2D eigenvalue weighted by Gasteiger charge is -2.31. The molecule has 1 heterocycles. The van der Waals surface area contributed by atoms with Crippen LogP contribution >= 0.6 is 0 Å². The Morgan fingerprint density at radius 2 is 2.12 bits per heavy atom. The van der Waals surface area contributed by atoms with E-state index in [9.17, 15) is 4.79 Å². The second-order valence-corrected chi connectivity index (χ2v) is 7.11. The highest BCUT2D eigenvalue weighted by Gasteiger charge is 2.27. The molecule has 1 atom stereocenters. The molecule has 25 heavy (non-hydrogen) atoms. The van der Waals surface area contributed by atoms with Gasteiger partial charge in [0.1, 0.15) is 0 Å². The van der Waals surface area contributed by atoms with Crippen molar-refractivity contribution in [1.29, 1.82) is 0 Å². The normalized spacial score (nSPS) is 18.0. The monoisotopic (exact) mass is 347 g/mol. The maximum atomic E-state index is 13.1. The summed E-state index contributed by atoms with van der Waals surface area (Å²) >= 11 is 0. The third-order valence-corrected chi connectivity index (χ3v) is 4.93. The Morgan fingerprint density at radius 1 is 1.32 bits per heavy atom. The first-order valence-corrected chi connectivity index (χ1v) is 9.31. The third kappa shape index (κ3) is 5.80. The van der Waals surface area contributed by atoms with Crippen molar-refractivity contribution in [2.45, 2.75) is 32.4 Å². The Morgan fingerprint density at radius 3 is 2.80 bits per heavy atom. The molecule has 5 nitrogen and oxygen atoms in total. The van der Waals surface area contributed by atoms with Crippen molar-refractivity contribution in [2.24, 2.45) is 0 Å². The number of carbonyl (C=O) groups excluding carboxylic acids is 1. The summed E-state index contributed by atoms with van der Waals surface area (Å²) in [6, 6.07) is 8.30. The molecule has 1 fully saturated rings. The van der Waals surface area contributed by atoms with Gasteiger partial charge in [-0.3, -0.25) is 9.69 Å². The van der Waals surface area contributed by atoms with E-state index in [2.05, 4.69) is 30.8 Å². The van der Waals surface area contributed by atoms with Crippen LogP contribution in [0.5, 0.6) is 0 Å².